The second-order valence-electron chi connectivity index (χ2n) is 6.61. The van der Waals surface area contributed by atoms with Crippen LogP contribution in [0.15, 0.2) is 42.5 Å². The molecule has 0 spiro atoms. The maximum atomic E-state index is 12.2. The molecule has 3 rings (SSSR count). The highest BCUT2D eigenvalue weighted by Gasteiger charge is 2.22. The molecule has 0 saturated carbocycles. The van der Waals surface area contributed by atoms with Gasteiger partial charge in [-0.25, -0.2) is 4.79 Å². The Hall–Kier alpha value is -2.62. The number of amides is 1. The average Bonchev–Trinajstić information content (AvgIpc) is 2.62. The summed E-state index contributed by atoms with van der Waals surface area (Å²) in [6.07, 6.45) is 3.00. The molecule has 25 heavy (non-hydrogen) atoms. The van der Waals surface area contributed by atoms with Gasteiger partial charge in [-0.1, -0.05) is 42.0 Å². The number of ether oxygens (including phenoxy) is 1. The second kappa shape index (κ2) is 7.51. The van der Waals surface area contributed by atoms with E-state index < -0.39 is 5.97 Å². The molecule has 0 aliphatic heterocycles. The fourth-order valence-electron chi connectivity index (χ4n) is 3.30. The average molecular weight is 337 g/mol. The Kier molecular flexibility index (Phi) is 5.17. The number of nitrogens with one attached hydrogen (secondary N) is 1. The van der Waals surface area contributed by atoms with Crippen LogP contribution in [0.4, 0.5) is 0 Å². The molecule has 1 aliphatic carbocycles. The molecule has 4 nitrogen and oxygen atoms in total. The molecule has 2 aromatic carbocycles. The van der Waals surface area contributed by atoms with E-state index in [9.17, 15) is 9.59 Å². The highest BCUT2D eigenvalue weighted by atomic mass is 16.5. The van der Waals surface area contributed by atoms with Gasteiger partial charge >= 0.3 is 5.97 Å². The normalized spacial score (nSPS) is 16.0. The maximum Gasteiger partial charge on any atom is 0.338 e. The number of carbonyl (C=O) groups excluding carboxylic acids is 2. The topological polar surface area (TPSA) is 55.4 Å². The second-order valence-corrected chi connectivity index (χ2v) is 6.61. The molecule has 0 radical (unpaired) electrons. The van der Waals surface area contributed by atoms with Gasteiger partial charge in [0, 0.05) is 0 Å². The molecular formula is C21H23NO3. The minimum Gasteiger partial charge on any atom is -0.452 e. The van der Waals surface area contributed by atoms with E-state index in [1.807, 2.05) is 38.1 Å². The molecular weight excluding hydrogens is 314 g/mol. The predicted octanol–water partition coefficient (Wildman–Crippen LogP) is 3.65. The Morgan fingerprint density at radius 3 is 2.80 bits per heavy atom. The van der Waals surface area contributed by atoms with Crippen molar-refractivity contribution in [2.45, 2.75) is 39.2 Å². The van der Waals surface area contributed by atoms with E-state index in [0.29, 0.717) is 5.56 Å². The first-order chi connectivity index (χ1) is 12.0. The van der Waals surface area contributed by atoms with Gasteiger partial charge < -0.3 is 10.1 Å². The number of aryl methyl sites for hydroxylation is 3. The monoisotopic (exact) mass is 337 g/mol. The lowest BCUT2D eigenvalue weighted by Crippen LogP contribution is -2.34. The molecule has 0 saturated heterocycles. The summed E-state index contributed by atoms with van der Waals surface area (Å²) < 4.78 is 5.20. The van der Waals surface area contributed by atoms with Crippen molar-refractivity contribution in [3.63, 3.8) is 0 Å². The molecule has 0 aromatic heterocycles. The zero-order chi connectivity index (χ0) is 17.8. The smallest absolute Gasteiger partial charge is 0.338 e. The molecule has 4 heteroatoms. The molecule has 1 unspecified atom stereocenters. The summed E-state index contributed by atoms with van der Waals surface area (Å²) in [5.74, 6) is -0.722. The van der Waals surface area contributed by atoms with Gasteiger partial charge in [0.25, 0.3) is 5.91 Å². The standard InChI is InChI=1S/C21H23NO3/c1-14-10-11-15(2)18(12-14)21(24)25-13-20(23)22-19-9-5-7-16-6-3-4-8-17(16)19/h3-4,6,8,10-12,19H,5,7,9,13H2,1-2H3,(H,22,23). The Labute approximate surface area is 148 Å². The van der Waals surface area contributed by atoms with Crippen LogP contribution in [0.5, 0.6) is 0 Å². The van der Waals surface area contributed by atoms with Gasteiger partial charge in [-0.15, -0.1) is 0 Å². The van der Waals surface area contributed by atoms with Crippen LogP contribution in [0.3, 0.4) is 0 Å². The van der Waals surface area contributed by atoms with Crippen molar-refractivity contribution in [3.05, 3.63) is 70.3 Å². The van der Waals surface area contributed by atoms with Crippen molar-refractivity contribution < 1.29 is 14.3 Å². The van der Waals surface area contributed by atoms with Crippen molar-refractivity contribution in [1.29, 1.82) is 0 Å². The predicted molar refractivity (Wildman–Crippen MR) is 96.5 cm³/mol. The van der Waals surface area contributed by atoms with Gasteiger partial charge in [0.05, 0.1) is 11.6 Å². The first-order valence-electron chi connectivity index (χ1n) is 8.66. The minimum atomic E-state index is -0.458. The molecule has 1 amide bonds. The molecule has 130 valence electrons. The molecule has 0 fully saturated rings. The molecule has 0 heterocycles. The highest BCUT2D eigenvalue weighted by Crippen LogP contribution is 2.29. The van der Waals surface area contributed by atoms with Crippen LogP contribution < -0.4 is 5.32 Å². The molecule has 1 atom stereocenters. The van der Waals surface area contributed by atoms with Crippen molar-refractivity contribution in [1.82, 2.24) is 5.32 Å². The highest BCUT2D eigenvalue weighted by molar-refractivity contribution is 5.92. The van der Waals surface area contributed by atoms with Gasteiger partial charge in [-0.05, 0) is 55.9 Å². The molecule has 2 aromatic rings. The Morgan fingerprint density at radius 1 is 1.16 bits per heavy atom. The fourth-order valence-corrected chi connectivity index (χ4v) is 3.30. The lowest BCUT2D eigenvalue weighted by atomic mass is 9.88. The Morgan fingerprint density at radius 2 is 1.96 bits per heavy atom. The first-order valence-corrected chi connectivity index (χ1v) is 8.66. The van der Waals surface area contributed by atoms with E-state index >= 15 is 0 Å². The van der Waals surface area contributed by atoms with Crippen LogP contribution in [0.25, 0.3) is 0 Å². The fraction of sp³-hybridized carbons (Fsp3) is 0.333. The summed E-state index contributed by atoms with van der Waals surface area (Å²) in [6, 6.07) is 13.8. The van der Waals surface area contributed by atoms with Crippen molar-refractivity contribution in [3.8, 4) is 0 Å². The summed E-state index contributed by atoms with van der Waals surface area (Å²) in [7, 11) is 0. The zero-order valence-electron chi connectivity index (χ0n) is 14.7. The first kappa shape index (κ1) is 17.2. The molecule has 0 bridgehead atoms. The largest absolute Gasteiger partial charge is 0.452 e. The van der Waals surface area contributed by atoms with Crippen molar-refractivity contribution in [2.75, 3.05) is 6.61 Å². The number of carbonyl (C=O) groups is 2. The van der Waals surface area contributed by atoms with E-state index in [4.69, 9.17) is 4.74 Å². The summed E-state index contributed by atoms with van der Waals surface area (Å²) in [6.45, 7) is 3.52. The van der Waals surface area contributed by atoms with Crippen LogP contribution in [0, 0.1) is 13.8 Å². The van der Waals surface area contributed by atoms with Crippen molar-refractivity contribution in [2.24, 2.45) is 0 Å². The quantitative estimate of drug-likeness (QED) is 0.867. The van der Waals surface area contributed by atoms with Crippen LogP contribution in [-0.4, -0.2) is 18.5 Å². The summed E-state index contributed by atoms with van der Waals surface area (Å²) >= 11 is 0. The number of benzene rings is 2. The molecule has 1 aliphatic rings. The summed E-state index contributed by atoms with van der Waals surface area (Å²) in [4.78, 5) is 24.4. The lowest BCUT2D eigenvalue weighted by molar-refractivity contribution is -0.125. The Bertz CT molecular complexity index is 797. The minimum absolute atomic E-state index is 0.00291. The van der Waals surface area contributed by atoms with E-state index in [1.165, 1.54) is 11.1 Å². The van der Waals surface area contributed by atoms with Crippen LogP contribution in [0.2, 0.25) is 0 Å². The van der Waals surface area contributed by atoms with Gasteiger partial charge in [-0.2, -0.15) is 0 Å². The number of rotatable bonds is 4. The van der Waals surface area contributed by atoms with E-state index in [0.717, 1.165) is 30.4 Å². The summed E-state index contributed by atoms with van der Waals surface area (Å²) in [5.41, 5.74) is 4.79. The zero-order valence-corrected chi connectivity index (χ0v) is 14.7. The number of hydrogen-bond acceptors (Lipinski definition) is 3. The van der Waals surface area contributed by atoms with Crippen LogP contribution in [0.1, 0.15) is 51.5 Å². The van der Waals surface area contributed by atoms with Crippen LogP contribution >= 0.6 is 0 Å². The van der Waals surface area contributed by atoms with E-state index in [2.05, 4.69) is 17.4 Å². The number of hydrogen-bond donors (Lipinski definition) is 1. The Balaban J connectivity index is 1.59. The van der Waals surface area contributed by atoms with Gasteiger partial charge in [0.15, 0.2) is 6.61 Å². The third-order valence-electron chi connectivity index (χ3n) is 4.65. The number of fused-ring (bicyclic) bond motifs is 1. The third-order valence-corrected chi connectivity index (χ3v) is 4.65. The number of esters is 1. The van der Waals surface area contributed by atoms with Gasteiger partial charge in [0.1, 0.15) is 0 Å². The van der Waals surface area contributed by atoms with Gasteiger partial charge in [0.2, 0.25) is 0 Å². The lowest BCUT2D eigenvalue weighted by Gasteiger charge is -2.26. The SMILES string of the molecule is Cc1ccc(C)c(C(=O)OCC(=O)NC2CCCc3ccccc32)c1. The van der Waals surface area contributed by atoms with E-state index in [-0.39, 0.29) is 18.6 Å². The van der Waals surface area contributed by atoms with E-state index in [1.54, 1.807) is 6.07 Å². The molecule has 1 N–H and O–H groups in total. The third kappa shape index (κ3) is 4.08. The van der Waals surface area contributed by atoms with Crippen LogP contribution in [-0.2, 0) is 16.0 Å². The van der Waals surface area contributed by atoms with Crippen molar-refractivity contribution >= 4 is 11.9 Å². The maximum absolute atomic E-state index is 12.2. The van der Waals surface area contributed by atoms with Gasteiger partial charge in [-0.3, -0.25) is 4.79 Å². The summed E-state index contributed by atoms with van der Waals surface area (Å²) in [5, 5.41) is 2.99.